The van der Waals surface area contributed by atoms with Gasteiger partial charge in [0, 0.05) is 10.0 Å². The molecule has 0 aliphatic carbocycles. The first-order chi connectivity index (χ1) is 15.8. The van der Waals surface area contributed by atoms with Gasteiger partial charge in [0.1, 0.15) is 17.9 Å². The maximum Gasteiger partial charge on any atom is 0.335 e. The number of ether oxygens (including phenoxy) is 1. The van der Waals surface area contributed by atoms with Crippen LogP contribution in [-0.4, -0.2) is 17.8 Å². The third-order valence-corrected chi connectivity index (χ3v) is 5.56. The van der Waals surface area contributed by atoms with Crippen LogP contribution in [0.25, 0.3) is 6.08 Å². The van der Waals surface area contributed by atoms with Crippen molar-refractivity contribution in [1.82, 2.24) is 5.32 Å². The molecule has 0 bridgehead atoms. The standard InChI is InChI=1S/C24H15Cl3N2O4/c25-16-4-1-14(2-5-16)13-33-21-10-3-15(12-20(21)27)11-19-22(30)28-24(32)29(23(19)31)18-8-6-17(26)7-9-18/h1-12H,13H2,(H,28,30,32)/b19-11+. The molecule has 4 rings (SSSR count). The first-order valence-electron chi connectivity index (χ1n) is 9.65. The SMILES string of the molecule is O=C1NC(=O)N(c2ccc(Cl)cc2)C(=O)/C1=C/c1ccc(OCc2ccc(Cl)cc2)c(Cl)c1. The molecule has 0 spiro atoms. The van der Waals surface area contributed by atoms with Crippen molar-refractivity contribution in [2.75, 3.05) is 4.90 Å². The lowest BCUT2D eigenvalue weighted by atomic mass is 10.1. The first kappa shape index (κ1) is 22.9. The number of nitrogens with one attached hydrogen (secondary N) is 1. The van der Waals surface area contributed by atoms with Crippen LogP contribution in [0.4, 0.5) is 10.5 Å². The molecular formula is C24H15Cl3N2O4. The molecule has 1 aliphatic heterocycles. The highest BCUT2D eigenvalue weighted by atomic mass is 35.5. The predicted molar refractivity (Wildman–Crippen MR) is 128 cm³/mol. The third-order valence-electron chi connectivity index (χ3n) is 4.76. The molecule has 1 N–H and O–H groups in total. The fourth-order valence-corrected chi connectivity index (χ4v) is 3.61. The van der Waals surface area contributed by atoms with E-state index >= 15 is 0 Å². The molecule has 3 aromatic carbocycles. The highest BCUT2D eigenvalue weighted by Crippen LogP contribution is 2.29. The summed E-state index contributed by atoms with van der Waals surface area (Å²) in [6.07, 6.45) is 1.36. The molecule has 1 aliphatic rings. The third kappa shape index (κ3) is 5.20. The van der Waals surface area contributed by atoms with E-state index in [0.717, 1.165) is 10.5 Å². The Balaban J connectivity index is 1.55. The minimum absolute atomic E-state index is 0.213. The summed E-state index contributed by atoms with van der Waals surface area (Å²) in [4.78, 5) is 38.4. The van der Waals surface area contributed by atoms with E-state index in [1.54, 1.807) is 42.5 Å². The van der Waals surface area contributed by atoms with Gasteiger partial charge in [-0.3, -0.25) is 14.9 Å². The summed E-state index contributed by atoms with van der Waals surface area (Å²) in [6.45, 7) is 0.288. The lowest BCUT2D eigenvalue weighted by Gasteiger charge is -2.26. The Bertz CT molecular complexity index is 1270. The van der Waals surface area contributed by atoms with Crippen molar-refractivity contribution in [2.24, 2.45) is 0 Å². The molecule has 0 atom stereocenters. The van der Waals surface area contributed by atoms with Gasteiger partial charge in [-0.15, -0.1) is 0 Å². The highest BCUT2D eigenvalue weighted by Gasteiger charge is 2.36. The minimum atomic E-state index is -0.839. The second-order valence-electron chi connectivity index (χ2n) is 7.04. The van der Waals surface area contributed by atoms with Crippen LogP contribution < -0.4 is 15.0 Å². The van der Waals surface area contributed by atoms with Gasteiger partial charge < -0.3 is 4.74 Å². The second-order valence-corrected chi connectivity index (χ2v) is 8.32. The van der Waals surface area contributed by atoms with Gasteiger partial charge in [-0.2, -0.15) is 0 Å². The number of rotatable bonds is 5. The first-order valence-corrected chi connectivity index (χ1v) is 10.8. The Labute approximate surface area is 204 Å². The number of carbonyl (C=O) groups is 3. The molecule has 1 fully saturated rings. The monoisotopic (exact) mass is 500 g/mol. The summed E-state index contributed by atoms with van der Waals surface area (Å²) in [5, 5.41) is 3.55. The van der Waals surface area contributed by atoms with E-state index in [1.807, 2.05) is 12.1 Å². The number of carbonyl (C=O) groups excluding carboxylic acids is 3. The van der Waals surface area contributed by atoms with Crippen LogP contribution in [0.2, 0.25) is 15.1 Å². The van der Waals surface area contributed by atoms with Gasteiger partial charge in [-0.05, 0) is 65.7 Å². The number of halogens is 3. The topological polar surface area (TPSA) is 75.7 Å². The molecular weight excluding hydrogens is 487 g/mol. The number of barbiturate groups is 1. The number of hydrogen-bond donors (Lipinski definition) is 1. The molecule has 1 heterocycles. The van der Waals surface area contributed by atoms with Gasteiger partial charge in [-0.25, -0.2) is 9.69 Å². The second kappa shape index (κ2) is 9.67. The van der Waals surface area contributed by atoms with Crippen molar-refractivity contribution in [1.29, 1.82) is 0 Å². The van der Waals surface area contributed by atoms with E-state index in [1.165, 1.54) is 18.2 Å². The van der Waals surface area contributed by atoms with Crippen molar-refractivity contribution in [3.05, 3.63) is 98.5 Å². The van der Waals surface area contributed by atoms with Crippen molar-refractivity contribution in [3.8, 4) is 5.75 Å². The van der Waals surface area contributed by atoms with Crippen molar-refractivity contribution < 1.29 is 19.1 Å². The predicted octanol–water partition coefficient (Wildman–Crippen LogP) is 5.89. The Morgan fingerprint density at radius 2 is 1.48 bits per heavy atom. The largest absolute Gasteiger partial charge is 0.487 e. The van der Waals surface area contributed by atoms with Crippen molar-refractivity contribution in [3.63, 3.8) is 0 Å². The summed E-state index contributed by atoms with van der Waals surface area (Å²) >= 11 is 18.1. The summed E-state index contributed by atoms with van der Waals surface area (Å²) in [5.41, 5.74) is 1.47. The van der Waals surface area contributed by atoms with Gasteiger partial charge in [0.25, 0.3) is 11.8 Å². The molecule has 3 aromatic rings. The zero-order valence-electron chi connectivity index (χ0n) is 16.8. The normalized spacial score (nSPS) is 15.1. The molecule has 9 heteroatoms. The molecule has 4 amide bonds. The maximum atomic E-state index is 12.9. The summed E-state index contributed by atoms with van der Waals surface area (Å²) in [7, 11) is 0. The zero-order valence-corrected chi connectivity index (χ0v) is 19.1. The molecule has 0 unspecified atom stereocenters. The van der Waals surface area contributed by atoms with Crippen LogP contribution in [-0.2, 0) is 16.2 Å². The van der Waals surface area contributed by atoms with Crippen LogP contribution in [0, 0.1) is 0 Å². The Hall–Kier alpha value is -3.32. The Morgan fingerprint density at radius 1 is 0.848 bits per heavy atom. The van der Waals surface area contributed by atoms with E-state index in [4.69, 9.17) is 39.5 Å². The summed E-state index contributed by atoms with van der Waals surface area (Å²) < 4.78 is 5.74. The average Bonchev–Trinajstić information content (AvgIpc) is 2.78. The number of amides is 4. The highest BCUT2D eigenvalue weighted by molar-refractivity contribution is 6.39. The van der Waals surface area contributed by atoms with E-state index in [-0.39, 0.29) is 17.9 Å². The maximum absolute atomic E-state index is 12.9. The smallest absolute Gasteiger partial charge is 0.335 e. The average molecular weight is 502 g/mol. The molecule has 0 aromatic heterocycles. The van der Waals surface area contributed by atoms with Crippen LogP contribution in [0.3, 0.4) is 0 Å². The Morgan fingerprint density at radius 3 is 2.12 bits per heavy atom. The lowest BCUT2D eigenvalue weighted by molar-refractivity contribution is -0.122. The molecule has 33 heavy (non-hydrogen) atoms. The number of urea groups is 1. The van der Waals surface area contributed by atoms with E-state index in [0.29, 0.717) is 26.4 Å². The fraction of sp³-hybridized carbons (Fsp3) is 0.0417. The molecule has 0 radical (unpaired) electrons. The van der Waals surface area contributed by atoms with Gasteiger partial charge in [0.2, 0.25) is 0 Å². The lowest BCUT2D eigenvalue weighted by Crippen LogP contribution is -2.54. The molecule has 0 saturated carbocycles. The van der Waals surface area contributed by atoms with Crippen LogP contribution in [0.5, 0.6) is 5.75 Å². The fourth-order valence-electron chi connectivity index (χ4n) is 3.11. The number of hydrogen-bond acceptors (Lipinski definition) is 4. The number of anilines is 1. The summed E-state index contributed by atoms with van der Waals surface area (Å²) in [5.74, 6) is -1.12. The van der Waals surface area contributed by atoms with Gasteiger partial charge >= 0.3 is 6.03 Å². The Kier molecular flexibility index (Phi) is 6.70. The van der Waals surface area contributed by atoms with Crippen LogP contribution in [0.15, 0.2) is 72.3 Å². The summed E-state index contributed by atoms with van der Waals surface area (Å²) in [6, 6.07) is 17.3. The van der Waals surface area contributed by atoms with Crippen LogP contribution >= 0.6 is 34.8 Å². The van der Waals surface area contributed by atoms with Crippen molar-refractivity contribution in [2.45, 2.75) is 6.61 Å². The van der Waals surface area contributed by atoms with Gasteiger partial charge in [-0.1, -0.05) is 53.0 Å². The number of benzene rings is 3. The molecule has 166 valence electrons. The van der Waals surface area contributed by atoms with Crippen molar-refractivity contribution >= 4 is 64.4 Å². The molecule has 1 saturated heterocycles. The number of imide groups is 2. The van der Waals surface area contributed by atoms with E-state index in [2.05, 4.69) is 5.32 Å². The molecule has 6 nitrogen and oxygen atoms in total. The van der Waals surface area contributed by atoms with Crippen LogP contribution in [0.1, 0.15) is 11.1 Å². The number of nitrogens with zero attached hydrogens (tertiary/aromatic N) is 1. The van der Waals surface area contributed by atoms with E-state index in [9.17, 15) is 14.4 Å². The van der Waals surface area contributed by atoms with Gasteiger partial charge in [0.15, 0.2) is 0 Å². The van der Waals surface area contributed by atoms with Gasteiger partial charge in [0.05, 0.1) is 10.7 Å². The zero-order chi connectivity index (χ0) is 23.5. The quantitative estimate of drug-likeness (QED) is 0.349. The van der Waals surface area contributed by atoms with E-state index < -0.39 is 17.8 Å². The minimum Gasteiger partial charge on any atom is -0.487 e.